The molecule has 148 valence electrons. The van der Waals surface area contributed by atoms with Gasteiger partial charge in [0.1, 0.15) is 0 Å². The molecule has 1 aliphatic rings. The highest BCUT2D eigenvalue weighted by Crippen LogP contribution is 2.23. The maximum absolute atomic E-state index is 12.3. The fraction of sp³-hybridized carbons (Fsp3) is 0.588. The summed E-state index contributed by atoms with van der Waals surface area (Å²) in [7, 11) is 1.60. The summed E-state index contributed by atoms with van der Waals surface area (Å²) in [5, 5.41) is 2.81. The highest BCUT2D eigenvalue weighted by Gasteiger charge is 2.27. The molecular weight excluding hydrogens is 524 g/mol. The van der Waals surface area contributed by atoms with Crippen molar-refractivity contribution in [2.24, 2.45) is 4.99 Å². The fourth-order valence-electron chi connectivity index (χ4n) is 2.92. The molecule has 0 bridgehead atoms. The van der Waals surface area contributed by atoms with Crippen LogP contribution in [-0.2, 0) is 0 Å². The van der Waals surface area contributed by atoms with Crippen LogP contribution in [-0.4, -0.2) is 61.7 Å². The standard InChI is InChI=1S/C17H24BrF3N4.HI/c1-13(14-3-5-15(18)6-4-14)24-9-11-25(12-10-24)16(22-2)23-8-7-17(19,20)21;/h3-6,13H,7-12H2,1-2H3,(H,22,23);1H. The Morgan fingerprint density at radius 3 is 2.27 bits per heavy atom. The van der Waals surface area contributed by atoms with Gasteiger partial charge in [-0.2, -0.15) is 13.2 Å². The van der Waals surface area contributed by atoms with Gasteiger partial charge in [0.25, 0.3) is 0 Å². The Bertz CT molecular complexity index is 572. The van der Waals surface area contributed by atoms with E-state index in [2.05, 4.69) is 50.2 Å². The lowest BCUT2D eigenvalue weighted by atomic mass is 10.1. The molecule has 1 aliphatic heterocycles. The van der Waals surface area contributed by atoms with Crippen molar-refractivity contribution in [1.82, 2.24) is 15.1 Å². The second kappa shape index (κ2) is 10.7. The lowest BCUT2D eigenvalue weighted by Gasteiger charge is -2.39. The van der Waals surface area contributed by atoms with Crippen LogP contribution in [0.15, 0.2) is 33.7 Å². The van der Waals surface area contributed by atoms with Crippen molar-refractivity contribution in [2.75, 3.05) is 39.8 Å². The molecule has 0 amide bonds. The summed E-state index contributed by atoms with van der Waals surface area (Å²) >= 11 is 3.44. The zero-order chi connectivity index (χ0) is 18.4. The minimum Gasteiger partial charge on any atom is -0.356 e. The predicted octanol–water partition coefficient (Wildman–Crippen LogP) is 4.27. The number of rotatable bonds is 4. The van der Waals surface area contributed by atoms with E-state index in [1.165, 1.54) is 5.56 Å². The summed E-state index contributed by atoms with van der Waals surface area (Å²) in [4.78, 5) is 8.50. The van der Waals surface area contributed by atoms with Crippen LogP contribution >= 0.6 is 39.9 Å². The molecule has 1 fully saturated rings. The van der Waals surface area contributed by atoms with Crippen LogP contribution in [0.1, 0.15) is 24.9 Å². The second-order valence-corrected chi connectivity index (χ2v) is 7.01. The molecule has 1 aromatic rings. The molecule has 1 aromatic carbocycles. The largest absolute Gasteiger partial charge is 0.390 e. The minimum atomic E-state index is -4.15. The van der Waals surface area contributed by atoms with Crippen LogP contribution in [0.4, 0.5) is 13.2 Å². The van der Waals surface area contributed by atoms with Crippen molar-refractivity contribution in [3.8, 4) is 0 Å². The van der Waals surface area contributed by atoms with Gasteiger partial charge in [0.15, 0.2) is 5.96 Å². The van der Waals surface area contributed by atoms with Gasteiger partial charge in [-0.15, -0.1) is 24.0 Å². The fourth-order valence-corrected chi connectivity index (χ4v) is 3.19. The number of hydrogen-bond donors (Lipinski definition) is 1. The van der Waals surface area contributed by atoms with Gasteiger partial charge in [-0.3, -0.25) is 9.89 Å². The van der Waals surface area contributed by atoms with Crippen molar-refractivity contribution in [3.63, 3.8) is 0 Å². The zero-order valence-electron chi connectivity index (χ0n) is 14.9. The molecule has 1 saturated heterocycles. The van der Waals surface area contributed by atoms with E-state index < -0.39 is 12.6 Å². The number of piperazine rings is 1. The van der Waals surface area contributed by atoms with E-state index in [4.69, 9.17) is 0 Å². The van der Waals surface area contributed by atoms with Crippen LogP contribution in [0.5, 0.6) is 0 Å². The van der Waals surface area contributed by atoms with Crippen LogP contribution in [0.3, 0.4) is 0 Å². The molecule has 2 rings (SSSR count). The summed E-state index contributed by atoms with van der Waals surface area (Å²) in [6.45, 7) is 5.20. The Morgan fingerprint density at radius 1 is 1.19 bits per heavy atom. The van der Waals surface area contributed by atoms with E-state index in [0.717, 1.165) is 30.7 Å². The first-order valence-electron chi connectivity index (χ1n) is 8.32. The van der Waals surface area contributed by atoms with Gasteiger partial charge in [-0.1, -0.05) is 28.1 Å². The van der Waals surface area contributed by atoms with Gasteiger partial charge in [0.2, 0.25) is 0 Å². The summed E-state index contributed by atoms with van der Waals surface area (Å²) in [5.41, 5.74) is 1.25. The molecule has 0 spiro atoms. The maximum Gasteiger partial charge on any atom is 0.390 e. The van der Waals surface area contributed by atoms with Crippen LogP contribution < -0.4 is 5.32 Å². The topological polar surface area (TPSA) is 30.9 Å². The molecule has 0 saturated carbocycles. The Morgan fingerprint density at radius 2 is 1.77 bits per heavy atom. The average molecular weight is 549 g/mol. The molecule has 26 heavy (non-hydrogen) atoms. The van der Waals surface area contributed by atoms with E-state index in [0.29, 0.717) is 12.0 Å². The average Bonchev–Trinajstić information content (AvgIpc) is 2.58. The third kappa shape index (κ3) is 7.22. The number of nitrogens with zero attached hydrogens (tertiary/aromatic N) is 3. The molecule has 1 unspecified atom stereocenters. The van der Waals surface area contributed by atoms with Gasteiger partial charge >= 0.3 is 6.18 Å². The molecule has 0 aromatic heterocycles. The van der Waals surface area contributed by atoms with Crippen LogP contribution in [0, 0.1) is 0 Å². The number of hydrogen-bond acceptors (Lipinski definition) is 2. The van der Waals surface area contributed by atoms with Gasteiger partial charge in [0, 0.05) is 50.3 Å². The smallest absolute Gasteiger partial charge is 0.356 e. The van der Waals surface area contributed by atoms with E-state index in [-0.39, 0.29) is 30.5 Å². The highest BCUT2D eigenvalue weighted by molar-refractivity contribution is 14.0. The molecule has 4 nitrogen and oxygen atoms in total. The molecule has 9 heteroatoms. The maximum atomic E-state index is 12.3. The Balaban J connectivity index is 0.00000338. The molecule has 0 radical (unpaired) electrons. The van der Waals surface area contributed by atoms with Crippen molar-refractivity contribution in [2.45, 2.75) is 25.6 Å². The minimum absolute atomic E-state index is 0. The second-order valence-electron chi connectivity index (χ2n) is 6.09. The highest BCUT2D eigenvalue weighted by atomic mass is 127. The summed E-state index contributed by atoms with van der Waals surface area (Å²) in [5.74, 6) is 0.542. The molecule has 0 aliphatic carbocycles. The van der Waals surface area contributed by atoms with E-state index in [9.17, 15) is 13.2 Å². The Hall–Kier alpha value is -0.550. The monoisotopic (exact) mass is 548 g/mol. The number of aliphatic imine (C=N–C) groups is 1. The first kappa shape index (κ1) is 23.5. The van der Waals surface area contributed by atoms with Gasteiger partial charge in [0.05, 0.1) is 6.42 Å². The number of alkyl halides is 3. The number of halogens is 5. The van der Waals surface area contributed by atoms with Crippen molar-refractivity contribution < 1.29 is 13.2 Å². The molecule has 1 N–H and O–H groups in total. The predicted molar refractivity (Wildman–Crippen MR) is 113 cm³/mol. The Kier molecular flexibility index (Phi) is 9.67. The molecule has 1 atom stereocenters. The van der Waals surface area contributed by atoms with Crippen LogP contribution in [0.25, 0.3) is 0 Å². The quantitative estimate of drug-likeness (QED) is 0.346. The van der Waals surface area contributed by atoms with Crippen molar-refractivity contribution in [1.29, 1.82) is 0 Å². The Labute approximate surface area is 178 Å². The van der Waals surface area contributed by atoms with E-state index >= 15 is 0 Å². The summed E-state index contributed by atoms with van der Waals surface area (Å²) in [6.07, 6.45) is -5.00. The molecule has 1 heterocycles. The number of nitrogens with one attached hydrogen (secondary N) is 1. The van der Waals surface area contributed by atoms with Crippen LogP contribution in [0.2, 0.25) is 0 Å². The number of guanidine groups is 1. The third-order valence-electron chi connectivity index (χ3n) is 4.42. The lowest BCUT2D eigenvalue weighted by Crippen LogP contribution is -2.53. The number of benzene rings is 1. The zero-order valence-corrected chi connectivity index (χ0v) is 18.8. The first-order chi connectivity index (χ1) is 11.8. The van der Waals surface area contributed by atoms with Gasteiger partial charge < -0.3 is 10.2 Å². The summed E-state index contributed by atoms with van der Waals surface area (Å²) in [6, 6.07) is 8.59. The van der Waals surface area contributed by atoms with Gasteiger partial charge in [-0.25, -0.2) is 0 Å². The summed E-state index contributed by atoms with van der Waals surface area (Å²) < 4.78 is 37.9. The first-order valence-corrected chi connectivity index (χ1v) is 9.11. The lowest BCUT2D eigenvalue weighted by molar-refractivity contribution is -0.132. The molecular formula is C17H25BrF3IN4. The van der Waals surface area contributed by atoms with Crippen molar-refractivity contribution >= 4 is 45.9 Å². The normalized spacial score (nSPS) is 17.6. The SMILES string of the molecule is CN=C(NCCC(F)(F)F)N1CCN(C(C)c2ccc(Br)cc2)CC1.I. The van der Waals surface area contributed by atoms with Crippen molar-refractivity contribution in [3.05, 3.63) is 34.3 Å². The van der Waals surface area contributed by atoms with Gasteiger partial charge in [-0.05, 0) is 24.6 Å². The van der Waals surface area contributed by atoms with E-state index in [1.54, 1.807) is 7.05 Å². The van der Waals surface area contributed by atoms with E-state index in [1.807, 2.05) is 17.0 Å². The third-order valence-corrected chi connectivity index (χ3v) is 4.95.